The Hall–Kier alpha value is -7.14. The maximum absolute atomic E-state index is 13.0. The lowest BCUT2D eigenvalue weighted by Gasteiger charge is -2.29. The minimum absolute atomic E-state index is 0.207. The fourth-order valence-electron chi connectivity index (χ4n) is 9.58. The summed E-state index contributed by atoms with van der Waals surface area (Å²) in [5.74, 6) is 2.74. The summed E-state index contributed by atoms with van der Waals surface area (Å²) in [6.45, 7) is 13.7. The van der Waals surface area contributed by atoms with Crippen LogP contribution in [0.15, 0.2) is 105 Å². The Bertz CT molecular complexity index is 2660. The molecule has 2 aliphatic carbocycles. The van der Waals surface area contributed by atoms with Gasteiger partial charge in [-0.15, -0.1) is 0 Å². The third-order valence-corrected chi connectivity index (χ3v) is 15.1. The molecule has 2 aliphatic heterocycles. The summed E-state index contributed by atoms with van der Waals surface area (Å²) in [4.78, 5) is 25.9. The van der Waals surface area contributed by atoms with Crippen LogP contribution in [0.4, 0.5) is 37.2 Å². The molecule has 20 nitrogen and oxygen atoms in total. The zero-order valence-corrected chi connectivity index (χ0v) is 50.8. The first kappa shape index (κ1) is 67.6. The van der Waals surface area contributed by atoms with E-state index >= 15 is 0 Å². The third kappa shape index (κ3) is 22.8. The first-order valence-corrected chi connectivity index (χ1v) is 28.9. The highest BCUT2D eigenvalue weighted by molar-refractivity contribution is 6.32. The number of nitrogens with two attached hydrogens (primary N) is 5. The van der Waals surface area contributed by atoms with Gasteiger partial charge >= 0.3 is 0 Å². The van der Waals surface area contributed by atoms with E-state index in [2.05, 4.69) is 62.0 Å². The van der Waals surface area contributed by atoms with E-state index in [1.54, 1.807) is 63.8 Å². The predicted molar refractivity (Wildman–Crippen MR) is 329 cm³/mol. The lowest BCUT2D eigenvalue weighted by atomic mass is 9.86. The summed E-state index contributed by atoms with van der Waals surface area (Å²) in [5, 5.41) is 0.485. The minimum Gasteiger partial charge on any atom is -0.501 e. The molecule has 1 atom stereocenters. The van der Waals surface area contributed by atoms with Gasteiger partial charge in [0, 0.05) is 93.5 Å². The van der Waals surface area contributed by atoms with Crippen molar-refractivity contribution in [2.75, 3.05) is 110 Å². The fraction of sp³-hybridized carbons (Fsp3) is 0.525. The highest BCUT2D eigenvalue weighted by Gasteiger charge is 2.29. The van der Waals surface area contributed by atoms with Crippen LogP contribution in [-0.2, 0) is 15.4 Å². The van der Waals surface area contributed by atoms with Gasteiger partial charge in [0.25, 0.3) is 5.92 Å². The molecule has 0 amide bonds. The standard InChI is InChI=1S/2C14H20N2O2.C11H16ClN3O.C11H17F2N3O.C11H17N3O/c2*1-10(17-2)11-3-5-12(6-4-11)18-14-7-8-16-9-13(14)15;1-15-4-2-8(3-5-15)16-11-9(12)6-14-7-10(11)13;1-11(12,13)10-6-9(8(14)7-15-10)17-5-4-16(2)3;1-14-6-2-3-9(14)8-15-11-4-5-13-7-10(11)12/h2*7-9,11-12H,1,3-6,15H2,2H3;6-8H,2-5,13H2,1H3;6-7H,4-5,14H2,1-3H3;4-5,7,9H,2-3,6,8,12H2,1H3/t;;;;9-/m....1/s1. The van der Waals surface area contributed by atoms with Gasteiger partial charge < -0.3 is 76.5 Å². The second-order valence-corrected chi connectivity index (χ2v) is 22.1. The number of methoxy groups -OCH3 is 2. The SMILES string of the molecule is C=C(OC)C1CCC(Oc2ccncc2N)CC1.C=C(OC)C1CCC(Oc2ccncc2N)CC1.CN(C)CCOc1cc(C(C)(F)F)ncc1N.CN1CCC(Oc2c(N)cncc2Cl)CC1.CN1CCC[C@@H]1COc1ccncc1N. The molecule has 462 valence electrons. The molecule has 5 aromatic heterocycles. The van der Waals surface area contributed by atoms with Crippen LogP contribution in [0.3, 0.4) is 0 Å². The zero-order chi connectivity index (χ0) is 61.2. The molecule has 0 unspecified atom stereocenters. The lowest BCUT2D eigenvalue weighted by Crippen LogP contribution is -2.35. The maximum Gasteiger partial charge on any atom is 0.287 e. The number of nitrogens with zero attached hydrogens (tertiary/aromatic N) is 8. The molecule has 4 aliphatic rings. The summed E-state index contributed by atoms with van der Waals surface area (Å²) in [5.41, 5.74) is 31.0. The smallest absolute Gasteiger partial charge is 0.287 e. The van der Waals surface area contributed by atoms with Crippen molar-refractivity contribution in [2.24, 2.45) is 11.8 Å². The number of hydrogen-bond donors (Lipinski definition) is 5. The van der Waals surface area contributed by atoms with Crippen LogP contribution in [0.5, 0.6) is 28.7 Å². The van der Waals surface area contributed by atoms with Crippen molar-refractivity contribution in [1.82, 2.24) is 39.6 Å². The summed E-state index contributed by atoms with van der Waals surface area (Å²) in [7, 11) is 11.4. The molecule has 2 saturated heterocycles. The van der Waals surface area contributed by atoms with E-state index in [-0.39, 0.29) is 35.4 Å². The molecule has 23 heteroatoms. The fourth-order valence-corrected chi connectivity index (χ4v) is 9.79. The van der Waals surface area contributed by atoms with Crippen molar-refractivity contribution >= 4 is 40.0 Å². The van der Waals surface area contributed by atoms with Gasteiger partial charge in [-0.3, -0.25) is 24.9 Å². The molecule has 0 radical (unpaired) electrons. The molecule has 0 spiro atoms. The zero-order valence-electron chi connectivity index (χ0n) is 50.1. The Morgan fingerprint density at radius 1 is 0.619 bits per heavy atom. The van der Waals surface area contributed by atoms with Crippen molar-refractivity contribution in [3.8, 4) is 28.7 Å². The monoisotopic (exact) mass is 1190 g/mol. The number of ether oxygens (including phenoxy) is 7. The number of piperidine rings is 1. The van der Waals surface area contributed by atoms with Gasteiger partial charge in [-0.1, -0.05) is 24.8 Å². The molecule has 9 rings (SSSR count). The quantitative estimate of drug-likeness (QED) is 0.0510. The summed E-state index contributed by atoms with van der Waals surface area (Å²) in [6, 6.07) is 7.15. The molecular weight excluding hydrogens is 1100 g/mol. The van der Waals surface area contributed by atoms with E-state index in [0.717, 1.165) is 113 Å². The van der Waals surface area contributed by atoms with Crippen molar-refractivity contribution in [2.45, 2.75) is 114 Å². The van der Waals surface area contributed by atoms with E-state index in [4.69, 9.17) is 73.4 Å². The first-order chi connectivity index (χ1) is 40.1. The molecule has 7 heterocycles. The molecule has 2 saturated carbocycles. The van der Waals surface area contributed by atoms with Crippen molar-refractivity contribution in [3.63, 3.8) is 0 Å². The largest absolute Gasteiger partial charge is 0.501 e. The summed E-state index contributed by atoms with van der Waals surface area (Å²) < 4.78 is 65.2. The van der Waals surface area contributed by atoms with Crippen LogP contribution in [0.1, 0.15) is 89.7 Å². The van der Waals surface area contributed by atoms with Crippen LogP contribution in [0.25, 0.3) is 0 Å². The van der Waals surface area contributed by atoms with Crippen LogP contribution < -0.4 is 52.4 Å². The van der Waals surface area contributed by atoms with Crippen LogP contribution >= 0.6 is 11.6 Å². The van der Waals surface area contributed by atoms with E-state index in [0.29, 0.717) is 71.2 Å². The highest BCUT2D eigenvalue weighted by Crippen LogP contribution is 2.36. The number of likely N-dealkylation sites (N-methyl/N-ethyl adjacent to an activating group) is 2. The summed E-state index contributed by atoms with van der Waals surface area (Å²) in [6.07, 6.45) is 27.7. The van der Waals surface area contributed by atoms with Gasteiger partial charge in [-0.25, -0.2) is 0 Å². The second-order valence-electron chi connectivity index (χ2n) is 21.7. The Morgan fingerprint density at radius 3 is 1.54 bits per heavy atom. The Labute approximate surface area is 500 Å². The number of rotatable bonds is 18. The van der Waals surface area contributed by atoms with Crippen LogP contribution in [0, 0.1) is 11.8 Å². The van der Waals surface area contributed by atoms with Crippen LogP contribution in [-0.4, -0.2) is 146 Å². The first-order valence-electron chi connectivity index (χ1n) is 28.5. The highest BCUT2D eigenvalue weighted by atomic mass is 35.5. The van der Waals surface area contributed by atoms with Gasteiger partial charge in [-0.05, 0) is 112 Å². The van der Waals surface area contributed by atoms with Crippen LogP contribution in [0.2, 0.25) is 5.02 Å². The van der Waals surface area contributed by atoms with Crippen molar-refractivity contribution < 1.29 is 41.9 Å². The second kappa shape index (κ2) is 34.6. The molecule has 5 aromatic rings. The number of allylic oxidation sites excluding steroid dienone is 2. The average molecular weight is 1190 g/mol. The Kier molecular flexibility index (Phi) is 27.9. The predicted octanol–water partition coefficient (Wildman–Crippen LogP) is 10.2. The van der Waals surface area contributed by atoms with Gasteiger partial charge in [-0.2, -0.15) is 8.78 Å². The number of aromatic nitrogens is 5. The molecule has 10 N–H and O–H groups in total. The topological polar surface area (TPSA) is 269 Å². The number of likely N-dealkylation sites (tertiary alicyclic amines) is 2. The van der Waals surface area contributed by atoms with Crippen molar-refractivity contribution in [3.05, 3.63) is 115 Å². The normalized spacial score (nSPS) is 19.9. The maximum atomic E-state index is 13.0. The van der Waals surface area contributed by atoms with E-state index in [9.17, 15) is 8.78 Å². The Balaban J connectivity index is 0.000000192. The molecule has 0 bridgehead atoms. The number of nitrogen functional groups attached to an aromatic ring is 5. The van der Waals surface area contributed by atoms with E-state index < -0.39 is 5.92 Å². The number of hydrogen-bond acceptors (Lipinski definition) is 20. The Morgan fingerprint density at radius 2 is 1.10 bits per heavy atom. The molecular formula is C61H90ClF2N13O7. The lowest BCUT2D eigenvalue weighted by molar-refractivity contribution is 0.0125. The van der Waals surface area contributed by atoms with Gasteiger partial charge in [0.2, 0.25) is 0 Å². The van der Waals surface area contributed by atoms with E-state index in [1.165, 1.54) is 31.6 Å². The number of alkyl halides is 2. The molecule has 4 fully saturated rings. The summed E-state index contributed by atoms with van der Waals surface area (Å²) >= 11 is 6.00. The molecule has 84 heavy (non-hydrogen) atoms. The number of pyridine rings is 5. The minimum atomic E-state index is -2.99. The third-order valence-electron chi connectivity index (χ3n) is 14.9. The number of anilines is 5. The van der Waals surface area contributed by atoms with Gasteiger partial charge in [0.1, 0.15) is 53.0 Å². The van der Waals surface area contributed by atoms with Gasteiger partial charge in [0.05, 0.1) is 97.4 Å². The van der Waals surface area contributed by atoms with E-state index in [1.807, 2.05) is 37.2 Å². The van der Waals surface area contributed by atoms with Gasteiger partial charge in [0.15, 0.2) is 5.75 Å². The average Bonchev–Trinajstić information content (AvgIpc) is 4.08. The van der Waals surface area contributed by atoms with Crippen molar-refractivity contribution in [1.29, 1.82) is 0 Å². The molecule has 0 aromatic carbocycles. The number of halogens is 3.